The second-order valence-corrected chi connectivity index (χ2v) is 10.2. The molecule has 1 amide bonds. The Bertz CT molecular complexity index is 1230. The third-order valence-corrected chi connectivity index (χ3v) is 7.61. The Labute approximate surface area is 176 Å². The van der Waals surface area contributed by atoms with Crippen molar-refractivity contribution in [3.05, 3.63) is 71.4 Å². The van der Waals surface area contributed by atoms with Gasteiger partial charge < -0.3 is 9.80 Å². The molecule has 3 aromatic rings. The van der Waals surface area contributed by atoms with Crippen LogP contribution in [0, 0.1) is 0 Å². The summed E-state index contributed by atoms with van der Waals surface area (Å²) in [4.78, 5) is 21.6. The molecule has 0 N–H and O–H groups in total. The number of sulfone groups is 1. The Morgan fingerprint density at radius 2 is 1.73 bits per heavy atom. The number of hydrogen-bond acceptors (Lipinski definition) is 5. The Morgan fingerprint density at radius 1 is 0.933 bits per heavy atom. The highest BCUT2D eigenvalue weighted by Gasteiger charge is 2.32. The minimum Gasteiger partial charge on any atom is -0.369 e. The first-order valence-corrected chi connectivity index (χ1v) is 12.0. The lowest BCUT2D eigenvalue weighted by Gasteiger charge is -2.30. The SMILES string of the molecule is O=C1c2cccc(N3CCS(=O)(=O)CC3)c2CN1CCc1ccc2ccccc2n1. The van der Waals surface area contributed by atoms with E-state index in [2.05, 4.69) is 11.0 Å². The van der Waals surface area contributed by atoms with Gasteiger partial charge in [-0.05, 0) is 24.3 Å². The molecule has 2 aliphatic heterocycles. The molecule has 0 bridgehead atoms. The van der Waals surface area contributed by atoms with Crippen LogP contribution in [0.4, 0.5) is 5.69 Å². The minimum absolute atomic E-state index is 0.0391. The third-order valence-electron chi connectivity index (χ3n) is 6.00. The molecule has 2 aromatic carbocycles. The van der Waals surface area contributed by atoms with Crippen LogP contribution in [-0.2, 0) is 22.8 Å². The predicted molar refractivity (Wildman–Crippen MR) is 117 cm³/mol. The largest absolute Gasteiger partial charge is 0.369 e. The van der Waals surface area contributed by atoms with Gasteiger partial charge in [-0.1, -0.05) is 30.3 Å². The average Bonchev–Trinajstić information content (AvgIpc) is 3.08. The van der Waals surface area contributed by atoms with Gasteiger partial charge in [0.15, 0.2) is 9.84 Å². The van der Waals surface area contributed by atoms with E-state index in [9.17, 15) is 13.2 Å². The highest BCUT2D eigenvalue weighted by molar-refractivity contribution is 7.91. The standard InChI is InChI=1S/C23H23N3O3S/c27-23-19-5-3-7-22(25-12-14-30(28,29)15-13-25)20(19)16-26(23)11-10-18-9-8-17-4-1-2-6-21(17)24-18/h1-9H,10-16H2. The molecule has 0 saturated carbocycles. The lowest BCUT2D eigenvalue weighted by atomic mass is 10.1. The second kappa shape index (κ2) is 7.40. The number of anilines is 1. The normalized spacial score (nSPS) is 18.1. The maximum Gasteiger partial charge on any atom is 0.254 e. The molecule has 154 valence electrons. The van der Waals surface area contributed by atoms with E-state index in [0.29, 0.717) is 32.6 Å². The van der Waals surface area contributed by atoms with Crippen molar-refractivity contribution in [2.24, 2.45) is 0 Å². The molecule has 5 rings (SSSR count). The Kier molecular flexibility index (Phi) is 4.70. The maximum atomic E-state index is 13.0. The summed E-state index contributed by atoms with van der Waals surface area (Å²) in [5.74, 6) is 0.376. The number of amides is 1. The number of para-hydroxylation sites is 1. The van der Waals surface area contributed by atoms with E-state index in [1.54, 1.807) is 0 Å². The van der Waals surface area contributed by atoms with Gasteiger partial charge >= 0.3 is 0 Å². The van der Waals surface area contributed by atoms with Crippen LogP contribution in [0.15, 0.2) is 54.6 Å². The van der Waals surface area contributed by atoms with Crippen molar-refractivity contribution < 1.29 is 13.2 Å². The fraction of sp³-hybridized carbons (Fsp3) is 0.304. The molecule has 30 heavy (non-hydrogen) atoms. The van der Waals surface area contributed by atoms with Gasteiger partial charge in [-0.25, -0.2) is 8.42 Å². The number of pyridine rings is 1. The molecule has 7 heteroatoms. The molecule has 1 fully saturated rings. The van der Waals surface area contributed by atoms with Gasteiger partial charge in [0, 0.05) is 60.5 Å². The zero-order valence-electron chi connectivity index (χ0n) is 16.6. The minimum atomic E-state index is -2.94. The van der Waals surface area contributed by atoms with Gasteiger partial charge in [0.25, 0.3) is 5.91 Å². The summed E-state index contributed by atoms with van der Waals surface area (Å²) in [5.41, 5.74) is 4.66. The lowest BCUT2D eigenvalue weighted by molar-refractivity contribution is 0.0780. The molecule has 3 heterocycles. The first-order valence-electron chi connectivity index (χ1n) is 10.2. The van der Waals surface area contributed by atoms with Gasteiger partial charge in [0.1, 0.15) is 0 Å². The fourth-order valence-corrected chi connectivity index (χ4v) is 5.50. The topological polar surface area (TPSA) is 70.6 Å². The summed E-state index contributed by atoms with van der Waals surface area (Å²) in [5, 5.41) is 1.11. The van der Waals surface area contributed by atoms with Crippen LogP contribution < -0.4 is 4.90 Å². The smallest absolute Gasteiger partial charge is 0.254 e. The van der Waals surface area contributed by atoms with Crippen LogP contribution in [0.3, 0.4) is 0 Å². The number of benzene rings is 2. The number of carbonyl (C=O) groups excluding carboxylic acids is 1. The van der Waals surface area contributed by atoms with Gasteiger partial charge in [0.2, 0.25) is 0 Å². The second-order valence-electron chi connectivity index (χ2n) is 7.91. The Hall–Kier alpha value is -2.93. The lowest BCUT2D eigenvalue weighted by Crippen LogP contribution is -2.40. The van der Waals surface area contributed by atoms with Crippen molar-refractivity contribution in [1.82, 2.24) is 9.88 Å². The summed E-state index contributed by atoms with van der Waals surface area (Å²) in [7, 11) is -2.94. The quantitative estimate of drug-likeness (QED) is 0.648. The summed E-state index contributed by atoms with van der Waals surface area (Å²) in [6, 6.07) is 17.9. The maximum absolute atomic E-state index is 13.0. The Morgan fingerprint density at radius 3 is 2.57 bits per heavy atom. The molecule has 0 radical (unpaired) electrons. The van der Waals surface area contributed by atoms with E-state index in [4.69, 9.17) is 4.98 Å². The molecule has 1 saturated heterocycles. The van der Waals surface area contributed by atoms with Gasteiger partial charge in [-0.3, -0.25) is 9.78 Å². The Balaban J connectivity index is 1.32. The van der Waals surface area contributed by atoms with Crippen LogP contribution in [0.25, 0.3) is 10.9 Å². The summed E-state index contributed by atoms with van der Waals surface area (Å²) in [6.07, 6.45) is 0.696. The van der Waals surface area contributed by atoms with Gasteiger partial charge in [-0.15, -0.1) is 0 Å². The zero-order chi connectivity index (χ0) is 20.7. The molecule has 6 nitrogen and oxygen atoms in total. The van der Waals surface area contributed by atoms with Crippen molar-refractivity contribution in [1.29, 1.82) is 0 Å². The van der Waals surface area contributed by atoms with Crippen molar-refractivity contribution in [3.8, 4) is 0 Å². The van der Waals surface area contributed by atoms with Crippen LogP contribution in [0.1, 0.15) is 21.6 Å². The van der Waals surface area contributed by atoms with E-state index < -0.39 is 9.84 Å². The molecular weight excluding hydrogens is 398 g/mol. The number of hydrogen-bond donors (Lipinski definition) is 0. The van der Waals surface area contributed by atoms with Crippen LogP contribution in [0.2, 0.25) is 0 Å². The molecule has 0 aliphatic carbocycles. The van der Waals surface area contributed by atoms with Crippen molar-refractivity contribution in [3.63, 3.8) is 0 Å². The first-order chi connectivity index (χ1) is 14.5. The molecular formula is C23H23N3O3S. The van der Waals surface area contributed by atoms with Gasteiger partial charge in [0.05, 0.1) is 17.0 Å². The predicted octanol–water partition coefficient (Wildman–Crippen LogP) is 2.67. The van der Waals surface area contributed by atoms with Crippen LogP contribution in [-0.4, -0.2) is 55.3 Å². The van der Waals surface area contributed by atoms with E-state index >= 15 is 0 Å². The zero-order valence-corrected chi connectivity index (χ0v) is 17.4. The summed E-state index contributed by atoms with van der Waals surface area (Å²) in [6.45, 7) is 2.12. The van der Waals surface area contributed by atoms with E-state index in [1.165, 1.54) is 0 Å². The average molecular weight is 422 g/mol. The van der Waals surface area contributed by atoms with E-state index in [0.717, 1.165) is 33.4 Å². The van der Waals surface area contributed by atoms with Crippen molar-refractivity contribution in [2.75, 3.05) is 36.0 Å². The molecule has 2 aliphatic rings. The summed E-state index contributed by atoms with van der Waals surface area (Å²) >= 11 is 0. The molecule has 0 atom stereocenters. The van der Waals surface area contributed by atoms with Crippen LogP contribution in [0.5, 0.6) is 0 Å². The van der Waals surface area contributed by atoms with E-state index in [-0.39, 0.29) is 17.4 Å². The molecule has 1 aromatic heterocycles. The number of rotatable bonds is 4. The number of fused-ring (bicyclic) bond motifs is 2. The molecule has 0 unspecified atom stereocenters. The summed E-state index contributed by atoms with van der Waals surface area (Å²) < 4.78 is 23.5. The number of nitrogens with zero attached hydrogens (tertiary/aromatic N) is 3. The fourth-order valence-electron chi connectivity index (χ4n) is 4.30. The highest BCUT2D eigenvalue weighted by Crippen LogP contribution is 2.32. The highest BCUT2D eigenvalue weighted by atomic mass is 32.2. The number of carbonyl (C=O) groups is 1. The van der Waals surface area contributed by atoms with Gasteiger partial charge in [-0.2, -0.15) is 0 Å². The molecule has 0 spiro atoms. The van der Waals surface area contributed by atoms with Crippen LogP contribution >= 0.6 is 0 Å². The van der Waals surface area contributed by atoms with Crippen molar-refractivity contribution >= 4 is 32.3 Å². The first kappa shape index (κ1) is 19.1. The van der Waals surface area contributed by atoms with Crippen molar-refractivity contribution in [2.45, 2.75) is 13.0 Å². The van der Waals surface area contributed by atoms with E-state index in [1.807, 2.05) is 53.4 Å². The monoisotopic (exact) mass is 421 g/mol. The number of aromatic nitrogens is 1. The third kappa shape index (κ3) is 3.54.